The topological polar surface area (TPSA) is 86.6 Å². The van der Waals surface area contributed by atoms with Crippen LogP contribution in [0.5, 0.6) is 5.75 Å². The maximum Gasteiger partial charge on any atom is 0.490 e. The largest absolute Gasteiger partial charge is 0.507 e. The minimum Gasteiger partial charge on any atom is -0.507 e. The highest BCUT2D eigenvalue weighted by Gasteiger charge is 2.38. The van der Waals surface area contributed by atoms with Gasteiger partial charge in [-0.1, -0.05) is 19.1 Å². The number of hydrogen-bond donors (Lipinski definition) is 3. The Kier molecular flexibility index (Phi) is 8.07. The van der Waals surface area contributed by atoms with Crippen LogP contribution in [0.15, 0.2) is 24.3 Å². The molecule has 1 aromatic rings. The average molecular weight is 307 g/mol. The van der Waals surface area contributed by atoms with E-state index in [0.29, 0.717) is 18.5 Å². The van der Waals surface area contributed by atoms with Gasteiger partial charge in [0.2, 0.25) is 0 Å². The predicted molar refractivity (Wildman–Crippen MR) is 69.3 cm³/mol. The second-order valence-electron chi connectivity index (χ2n) is 3.85. The Morgan fingerprint density at radius 2 is 1.76 bits per heavy atom. The van der Waals surface area contributed by atoms with Crippen molar-refractivity contribution < 1.29 is 33.0 Å². The summed E-state index contributed by atoms with van der Waals surface area (Å²) in [7, 11) is 0. The number of aromatic hydroxyl groups is 1. The molecule has 5 nitrogen and oxygen atoms in total. The number of carboxylic acids is 1. The van der Waals surface area contributed by atoms with Crippen molar-refractivity contribution >= 4 is 11.8 Å². The normalized spacial score (nSPS) is 10.5. The summed E-state index contributed by atoms with van der Waals surface area (Å²) in [6.07, 6.45) is -4.66. The van der Waals surface area contributed by atoms with Crippen molar-refractivity contribution in [2.45, 2.75) is 19.5 Å². The first-order valence-corrected chi connectivity index (χ1v) is 6.02. The number of rotatable bonds is 5. The molecule has 0 saturated carbocycles. The Balaban J connectivity index is 0.000000486. The van der Waals surface area contributed by atoms with Crippen molar-refractivity contribution in [2.75, 3.05) is 13.1 Å². The smallest absolute Gasteiger partial charge is 0.490 e. The van der Waals surface area contributed by atoms with E-state index in [1.807, 2.05) is 6.92 Å². The lowest BCUT2D eigenvalue weighted by atomic mass is 10.1. The zero-order chi connectivity index (χ0) is 16.5. The van der Waals surface area contributed by atoms with Crippen molar-refractivity contribution in [3.63, 3.8) is 0 Å². The first-order valence-electron chi connectivity index (χ1n) is 6.02. The number of benzene rings is 1. The number of alkyl halides is 3. The van der Waals surface area contributed by atoms with Crippen LogP contribution < -0.4 is 5.32 Å². The van der Waals surface area contributed by atoms with Crippen LogP contribution in [0.1, 0.15) is 23.7 Å². The van der Waals surface area contributed by atoms with Crippen LogP contribution in [-0.4, -0.2) is 41.2 Å². The summed E-state index contributed by atoms with van der Waals surface area (Å²) in [5, 5.41) is 19.6. The van der Waals surface area contributed by atoms with Crippen molar-refractivity contribution in [1.29, 1.82) is 0 Å². The quantitative estimate of drug-likeness (QED) is 0.573. The zero-order valence-corrected chi connectivity index (χ0v) is 11.3. The zero-order valence-electron chi connectivity index (χ0n) is 11.3. The molecule has 0 aliphatic heterocycles. The maximum absolute atomic E-state index is 11.5. The first-order chi connectivity index (χ1) is 9.70. The molecule has 0 saturated heterocycles. The Morgan fingerprint density at radius 1 is 1.24 bits per heavy atom. The number of phenols is 1. The third kappa shape index (κ3) is 7.93. The number of phenolic OH excluding ortho intramolecular Hbond substituents is 1. The standard InChI is InChI=1S/C11H15NO2.C2HF3O2/c1-2-12-8-7-11(14)9-5-3-4-6-10(9)13;3-2(4,5)1(6)7/h3-6,12-13H,2,7-8H2,1H3;(H,6,7). The summed E-state index contributed by atoms with van der Waals surface area (Å²) in [6.45, 7) is 3.50. The summed E-state index contributed by atoms with van der Waals surface area (Å²) in [6, 6.07) is 6.63. The van der Waals surface area contributed by atoms with Crippen LogP contribution in [-0.2, 0) is 4.79 Å². The maximum atomic E-state index is 11.5. The molecular formula is C13H16F3NO4. The molecular weight excluding hydrogens is 291 g/mol. The number of ketones is 1. The minimum absolute atomic E-state index is 0.0240. The van der Waals surface area contributed by atoms with Crippen LogP contribution in [0.25, 0.3) is 0 Å². The first kappa shape index (κ1) is 18.9. The Morgan fingerprint density at radius 3 is 2.19 bits per heavy atom. The SMILES string of the molecule is CCNCCC(=O)c1ccccc1O.O=C(O)C(F)(F)F. The molecule has 0 unspecified atom stereocenters. The summed E-state index contributed by atoms with van der Waals surface area (Å²) < 4.78 is 31.7. The molecule has 0 heterocycles. The van der Waals surface area contributed by atoms with E-state index in [-0.39, 0.29) is 11.5 Å². The third-order valence-electron chi connectivity index (χ3n) is 2.23. The lowest BCUT2D eigenvalue weighted by molar-refractivity contribution is -0.192. The molecule has 118 valence electrons. The minimum atomic E-state index is -5.08. The summed E-state index contributed by atoms with van der Waals surface area (Å²) in [5.74, 6) is -2.72. The van der Waals surface area contributed by atoms with E-state index in [1.54, 1.807) is 18.2 Å². The fourth-order valence-corrected chi connectivity index (χ4v) is 1.22. The Bertz CT molecular complexity index is 475. The molecule has 0 aliphatic carbocycles. The molecule has 21 heavy (non-hydrogen) atoms. The van der Waals surface area contributed by atoms with Crippen LogP contribution in [0.4, 0.5) is 13.2 Å². The van der Waals surface area contributed by atoms with E-state index in [9.17, 15) is 23.1 Å². The van der Waals surface area contributed by atoms with Gasteiger partial charge in [-0.25, -0.2) is 4.79 Å². The highest BCUT2D eigenvalue weighted by atomic mass is 19.4. The van der Waals surface area contributed by atoms with Crippen LogP contribution in [0, 0.1) is 0 Å². The van der Waals surface area contributed by atoms with Gasteiger partial charge in [0.15, 0.2) is 5.78 Å². The van der Waals surface area contributed by atoms with Crippen LogP contribution >= 0.6 is 0 Å². The van der Waals surface area contributed by atoms with Crippen molar-refractivity contribution in [1.82, 2.24) is 5.32 Å². The predicted octanol–water partition coefficient (Wildman–Crippen LogP) is 2.21. The number of carbonyl (C=O) groups is 2. The molecule has 0 amide bonds. The monoisotopic (exact) mass is 307 g/mol. The lowest BCUT2D eigenvalue weighted by Gasteiger charge is -2.03. The van der Waals surface area contributed by atoms with E-state index < -0.39 is 12.1 Å². The molecule has 8 heteroatoms. The molecule has 3 N–H and O–H groups in total. The number of Topliss-reactive ketones (excluding diaryl/α,β-unsaturated/α-hetero) is 1. The highest BCUT2D eigenvalue weighted by molar-refractivity contribution is 5.98. The molecule has 0 radical (unpaired) electrons. The molecule has 0 aliphatic rings. The van der Waals surface area contributed by atoms with Crippen LogP contribution in [0.2, 0.25) is 0 Å². The second kappa shape index (κ2) is 8.96. The lowest BCUT2D eigenvalue weighted by Crippen LogP contribution is -2.21. The van der Waals surface area contributed by atoms with E-state index in [1.165, 1.54) is 6.07 Å². The van der Waals surface area contributed by atoms with Crippen molar-refractivity contribution in [2.24, 2.45) is 0 Å². The van der Waals surface area contributed by atoms with E-state index >= 15 is 0 Å². The summed E-state index contributed by atoms with van der Waals surface area (Å²) in [5.41, 5.74) is 0.408. The Hall–Kier alpha value is -2.09. The van der Waals surface area contributed by atoms with E-state index in [2.05, 4.69) is 5.32 Å². The number of hydrogen-bond acceptors (Lipinski definition) is 4. The second-order valence-corrected chi connectivity index (χ2v) is 3.85. The van der Waals surface area contributed by atoms with Gasteiger partial charge in [0, 0.05) is 13.0 Å². The summed E-state index contributed by atoms with van der Waals surface area (Å²) >= 11 is 0. The van der Waals surface area contributed by atoms with Gasteiger partial charge in [-0.15, -0.1) is 0 Å². The molecule has 1 rings (SSSR count). The average Bonchev–Trinajstić information content (AvgIpc) is 2.39. The number of carboxylic acid groups (broad SMARTS) is 1. The summed E-state index contributed by atoms with van der Waals surface area (Å²) in [4.78, 5) is 20.4. The third-order valence-corrected chi connectivity index (χ3v) is 2.23. The number of para-hydroxylation sites is 1. The van der Waals surface area contributed by atoms with Gasteiger partial charge in [0.05, 0.1) is 5.56 Å². The van der Waals surface area contributed by atoms with Gasteiger partial charge in [-0.3, -0.25) is 4.79 Å². The van der Waals surface area contributed by atoms with Gasteiger partial charge in [0.25, 0.3) is 0 Å². The van der Waals surface area contributed by atoms with E-state index in [4.69, 9.17) is 9.90 Å². The fraction of sp³-hybridized carbons (Fsp3) is 0.385. The van der Waals surface area contributed by atoms with E-state index in [0.717, 1.165) is 6.54 Å². The molecule has 0 fully saturated rings. The van der Waals surface area contributed by atoms with Crippen LogP contribution in [0.3, 0.4) is 0 Å². The van der Waals surface area contributed by atoms with Gasteiger partial charge in [-0.05, 0) is 18.7 Å². The highest BCUT2D eigenvalue weighted by Crippen LogP contribution is 2.16. The molecule has 0 atom stereocenters. The van der Waals surface area contributed by atoms with Crippen molar-refractivity contribution in [3.8, 4) is 5.75 Å². The number of carbonyl (C=O) groups excluding carboxylic acids is 1. The number of aliphatic carboxylic acids is 1. The molecule has 0 spiro atoms. The van der Waals surface area contributed by atoms with Gasteiger partial charge < -0.3 is 15.5 Å². The molecule has 0 bridgehead atoms. The number of halogens is 3. The fourth-order valence-electron chi connectivity index (χ4n) is 1.22. The number of nitrogens with one attached hydrogen (secondary N) is 1. The molecule has 1 aromatic carbocycles. The van der Waals surface area contributed by atoms with Gasteiger partial charge in [0.1, 0.15) is 5.75 Å². The van der Waals surface area contributed by atoms with Gasteiger partial charge >= 0.3 is 12.1 Å². The van der Waals surface area contributed by atoms with Gasteiger partial charge in [-0.2, -0.15) is 13.2 Å². The molecule has 0 aromatic heterocycles. The van der Waals surface area contributed by atoms with Crippen molar-refractivity contribution in [3.05, 3.63) is 29.8 Å². The Labute approximate surface area is 119 Å².